The van der Waals surface area contributed by atoms with Gasteiger partial charge in [0.1, 0.15) is 5.76 Å². The first kappa shape index (κ1) is 19.5. The van der Waals surface area contributed by atoms with Gasteiger partial charge in [-0.1, -0.05) is 36.8 Å². The van der Waals surface area contributed by atoms with Crippen LogP contribution in [-0.2, 0) is 13.0 Å². The predicted octanol–water partition coefficient (Wildman–Crippen LogP) is 3.89. The van der Waals surface area contributed by atoms with Crippen LogP contribution in [0, 0.1) is 6.92 Å². The van der Waals surface area contributed by atoms with Gasteiger partial charge in [0, 0.05) is 19.5 Å². The molecule has 0 atom stereocenters. The van der Waals surface area contributed by atoms with Crippen molar-refractivity contribution in [3.05, 3.63) is 59.5 Å². The molecule has 0 saturated heterocycles. The first-order valence-corrected chi connectivity index (χ1v) is 7.88. The van der Waals surface area contributed by atoms with Crippen molar-refractivity contribution in [3.63, 3.8) is 0 Å². The summed E-state index contributed by atoms with van der Waals surface area (Å²) in [6, 6.07) is 12.4. The Morgan fingerprint density at radius 1 is 1.13 bits per heavy atom. The third-order valence-electron chi connectivity index (χ3n) is 3.29. The summed E-state index contributed by atoms with van der Waals surface area (Å²) in [5.41, 5.74) is 2.49. The van der Waals surface area contributed by atoms with Crippen LogP contribution in [-0.4, -0.2) is 19.0 Å². The van der Waals surface area contributed by atoms with Crippen LogP contribution in [0.4, 0.5) is 0 Å². The fourth-order valence-electron chi connectivity index (χ4n) is 2.16. The van der Waals surface area contributed by atoms with Gasteiger partial charge in [-0.3, -0.25) is 0 Å². The lowest BCUT2D eigenvalue weighted by molar-refractivity contribution is 0.506. The molecule has 0 bridgehead atoms. The molecule has 5 heteroatoms. The molecule has 2 N–H and O–H groups in total. The molecule has 0 saturated carbocycles. The second-order valence-electron chi connectivity index (χ2n) is 5.34. The Bertz CT molecular complexity index is 582. The van der Waals surface area contributed by atoms with E-state index in [1.54, 1.807) is 6.26 Å². The molecule has 0 aliphatic rings. The van der Waals surface area contributed by atoms with E-state index in [0.29, 0.717) is 6.54 Å². The van der Waals surface area contributed by atoms with Crippen molar-refractivity contribution >= 4 is 29.9 Å². The van der Waals surface area contributed by atoms with Crippen LogP contribution in [0.15, 0.2) is 52.1 Å². The largest absolute Gasteiger partial charge is 0.469 e. The molecule has 0 amide bonds. The molecule has 23 heavy (non-hydrogen) atoms. The lowest BCUT2D eigenvalue weighted by atomic mass is 10.1. The quantitative estimate of drug-likeness (QED) is 0.401. The van der Waals surface area contributed by atoms with Crippen LogP contribution in [0.25, 0.3) is 0 Å². The zero-order valence-corrected chi connectivity index (χ0v) is 16.2. The minimum atomic E-state index is 0. The maximum absolute atomic E-state index is 5.34. The van der Waals surface area contributed by atoms with Crippen molar-refractivity contribution in [2.45, 2.75) is 33.2 Å². The number of aryl methyl sites for hydroxylation is 1. The van der Waals surface area contributed by atoms with Gasteiger partial charge < -0.3 is 15.1 Å². The Labute approximate surface area is 155 Å². The average Bonchev–Trinajstić information content (AvgIpc) is 3.03. The van der Waals surface area contributed by atoms with E-state index in [0.717, 1.165) is 37.7 Å². The minimum Gasteiger partial charge on any atom is -0.469 e. The van der Waals surface area contributed by atoms with E-state index in [4.69, 9.17) is 4.42 Å². The summed E-state index contributed by atoms with van der Waals surface area (Å²) in [6.45, 7) is 6.65. The van der Waals surface area contributed by atoms with Gasteiger partial charge in [-0.05, 0) is 31.0 Å². The van der Waals surface area contributed by atoms with Crippen molar-refractivity contribution in [1.82, 2.24) is 10.6 Å². The van der Waals surface area contributed by atoms with Crippen LogP contribution >= 0.6 is 24.0 Å². The second kappa shape index (κ2) is 11.1. The maximum Gasteiger partial charge on any atom is 0.191 e. The van der Waals surface area contributed by atoms with Crippen LogP contribution in [0.2, 0.25) is 0 Å². The standard InChI is InChI=1S/C18H25N3O.HI/c1-3-10-19-18(20-11-9-17-8-5-12-22-17)21-14-16-7-4-6-15(2)13-16;/h4-8,12-13H,3,9-11,14H2,1-2H3,(H2,19,20,21);1H. The summed E-state index contributed by atoms with van der Waals surface area (Å²) in [5, 5.41) is 6.70. The molecule has 1 aromatic carbocycles. The molecular formula is C18H26IN3O. The summed E-state index contributed by atoms with van der Waals surface area (Å²) < 4.78 is 5.34. The van der Waals surface area contributed by atoms with E-state index in [9.17, 15) is 0 Å². The van der Waals surface area contributed by atoms with Crippen LogP contribution in [0.3, 0.4) is 0 Å². The molecule has 126 valence electrons. The Hall–Kier alpha value is -1.50. The molecule has 0 aliphatic heterocycles. The predicted molar refractivity (Wildman–Crippen MR) is 106 cm³/mol. The highest BCUT2D eigenvalue weighted by Gasteiger charge is 2.00. The zero-order valence-electron chi connectivity index (χ0n) is 13.8. The van der Waals surface area contributed by atoms with Crippen molar-refractivity contribution in [3.8, 4) is 0 Å². The third-order valence-corrected chi connectivity index (χ3v) is 3.29. The Kier molecular flexibility index (Phi) is 9.43. The fourth-order valence-corrected chi connectivity index (χ4v) is 2.16. The normalized spacial score (nSPS) is 11.0. The van der Waals surface area contributed by atoms with Gasteiger partial charge in [0.25, 0.3) is 0 Å². The Balaban J connectivity index is 0.00000264. The number of nitrogens with zero attached hydrogens (tertiary/aromatic N) is 1. The SMILES string of the molecule is CCCNC(=NCc1cccc(C)c1)NCCc1ccco1.I. The Morgan fingerprint density at radius 3 is 2.65 bits per heavy atom. The van der Waals surface area contributed by atoms with E-state index >= 15 is 0 Å². The van der Waals surface area contributed by atoms with Gasteiger partial charge in [-0.2, -0.15) is 0 Å². The molecule has 2 rings (SSSR count). The van der Waals surface area contributed by atoms with Gasteiger partial charge in [0.15, 0.2) is 5.96 Å². The van der Waals surface area contributed by atoms with Crippen molar-refractivity contribution in [1.29, 1.82) is 0 Å². The number of halogens is 1. The van der Waals surface area contributed by atoms with Crippen LogP contribution in [0.1, 0.15) is 30.2 Å². The number of hydrogen-bond acceptors (Lipinski definition) is 2. The molecule has 1 heterocycles. The van der Waals surface area contributed by atoms with E-state index in [1.165, 1.54) is 11.1 Å². The average molecular weight is 427 g/mol. The lowest BCUT2D eigenvalue weighted by Crippen LogP contribution is -2.38. The number of nitrogens with one attached hydrogen (secondary N) is 2. The number of aliphatic imine (C=N–C) groups is 1. The number of hydrogen-bond donors (Lipinski definition) is 2. The van der Waals surface area contributed by atoms with E-state index in [-0.39, 0.29) is 24.0 Å². The maximum atomic E-state index is 5.34. The van der Waals surface area contributed by atoms with E-state index in [1.807, 2.05) is 12.1 Å². The highest BCUT2D eigenvalue weighted by molar-refractivity contribution is 14.0. The second-order valence-corrected chi connectivity index (χ2v) is 5.34. The molecule has 0 radical (unpaired) electrons. The molecule has 1 aromatic heterocycles. The molecule has 4 nitrogen and oxygen atoms in total. The smallest absolute Gasteiger partial charge is 0.191 e. The van der Waals surface area contributed by atoms with Crippen LogP contribution < -0.4 is 10.6 Å². The van der Waals surface area contributed by atoms with Crippen molar-refractivity contribution in [2.75, 3.05) is 13.1 Å². The molecule has 0 fully saturated rings. The molecular weight excluding hydrogens is 401 g/mol. The number of rotatable bonds is 7. The van der Waals surface area contributed by atoms with Gasteiger partial charge in [-0.25, -0.2) is 4.99 Å². The van der Waals surface area contributed by atoms with Gasteiger partial charge in [0.2, 0.25) is 0 Å². The highest BCUT2D eigenvalue weighted by Crippen LogP contribution is 2.05. The monoisotopic (exact) mass is 427 g/mol. The first-order chi connectivity index (χ1) is 10.8. The third kappa shape index (κ3) is 7.54. The van der Waals surface area contributed by atoms with Crippen molar-refractivity contribution < 1.29 is 4.42 Å². The van der Waals surface area contributed by atoms with E-state index in [2.05, 4.69) is 53.7 Å². The summed E-state index contributed by atoms with van der Waals surface area (Å²) >= 11 is 0. The van der Waals surface area contributed by atoms with Crippen molar-refractivity contribution in [2.24, 2.45) is 4.99 Å². The lowest BCUT2D eigenvalue weighted by Gasteiger charge is -2.11. The molecule has 0 unspecified atom stereocenters. The summed E-state index contributed by atoms with van der Waals surface area (Å²) in [4.78, 5) is 4.66. The summed E-state index contributed by atoms with van der Waals surface area (Å²) in [7, 11) is 0. The topological polar surface area (TPSA) is 49.6 Å². The Morgan fingerprint density at radius 2 is 1.96 bits per heavy atom. The number of furan rings is 1. The molecule has 0 aliphatic carbocycles. The van der Waals surface area contributed by atoms with Gasteiger partial charge in [-0.15, -0.1) is 24.0 Å². The van der Waals surface area contributed by atoms with Gasteiger partial charge in [0.05, 0.1) is 12.8 Å². The summed E-state index contributed by atoms with van der Waals surface area (Å²) in [5.74, 6) is 1.84. The summed E-state index contributed by atoms with van der Waals surface area (Å²) in [6.07, 6.45) is 3.63. The van der Waals surface area contributed by atoms with Gasteiger partial charge >= 0.3 is 0 Å². The zero-order chi connectivity index (χ0) is 15.6. The molecule has 0 spiro atoms. The van der Waals surface area contributed by atoms with Crippen LogP contribution in [0.5, 0.6) is 0 Å². The number of guanidine groups is 1. The number of benzene rings is 1. The fraction of sp³-hybridized carbons (Fsp3) is 0.389. The first-order valence-electron chi connectivity index (χ1n) is 7.88. The highest BCUT2D eigenvalue weighted by atomic mass is 127. The molecule has 2 aromatic rings. The van der Waals surface area contributed by atoms with E-state index < -0.39 is 0 Å². The minimum absolute atomic E-state index is 0.